The maximum atomic E-state index is 12.5. The second-order valence-corrected chi connectivity index (χ2v) is 8.56. The van der Waals surface area contributed by atoms with Crippen LogP contribution in [0.4, 0.5) is 4.79 Å². The van der Waals surface area contributed by atoms with E-state index in [4.69, 9.17) is 9.47 Å². The summed E-state index contributed by atoms with van der Waals surface area (Å²) in [6.07, 6.45) is 0.429. The first kappa shape index (κ1) is 18.4. The van der Waals surface area contributed by atoms with Crippen LogP contribution in [0.15, 0.2) is 60.0 Å². The van der Waals surface area contributed by atoms with Crippen LogP contribution in [-0.2, 0) is 15.9 Å². The van der Waals surface area contributed by atoms with Crippen molar-refractivity contribution >= 4 is 17.4 Å². The molecule has 5 rings (SSSR count). The van der Waals surface area contributed by atoms with Crippen molar-refractivity contribution in [1.29, 1.82) is 0 Å². The van der Waals surface area contributed by atoms with Crippen LogP contribution in [0.2, 0.25) is 0 Å². The Kier molecular flexibility index (Phi) is 4.86. The molecule has 1 aromatic heterocycles. The summed E-state index contributed by atoms with van der Waals surface area (Å²) in [6, 6.07) is 18.7. The first-order valence-electron chi connectivity index (χ1n) is 10.0. The van der Waals surface area contributed by atoms with Crippen molar-refractivity contribution in [3.05, 3.63) is 81.5 Å². The van der Waals surface area contributed by atoms with Crippen molar-refractivity contribution in [2.45, 2.75) is 31.4 Å². The van der Waals surface area contributed by atoms with Crippen LogP contribution >= 0.6 is 11.3 Å². The van der Waals surface area contributed by atoms with Crippen LogP contribution in [0.5, 0.6) is 0 Å². The molecule has 0 bridgehead atoms. The number of amides is 1. The first-order valence-corrected chi connectivity index (χ1v) is 10.9. The third-order valence-electron chi connectivity index (χ3n) is 5.85. The quantitative estimate of drug-likeness (QED) is 0.642. The second-order valence-electron chi connectivity index (χ2n) is 7.61. The highest BCUT2D eigenvalue weighted by molar-refractivity contribution is 7.10. The van der Waals surface area contributed by atoms with Crippen molar-refractivity contribution < 1.29 is 14.3 Å². The Morgan fingerprint density at radius 3 is 2.55 bits per heavy atom. The maximum absolute atomic E-state index is 12.5. The van der Waals surface area contributed by atoms with Gasteiger partial charge in [-0.1, -0.05) is 48.5 Å². The molecule has 0 fully saturated rings. The van der Waals surface area contributed by atoms with E-state index in [1.165, 1.54) is 32.7 Å². The summed E-state index contributed by atoms with van der Waals surface area (Å²) in [6.45, 7) is 2.98. The minimum Gasteiger partial charge on any atom is -0.449 e. The van der Waals surface area contributed by atoms with E-state index in [9.17, 15) is 4.79 Å². The minimum absolute atomic E-state index is 0.0679. The highest BCUT2D eigenvalue weighted by Gasteiger charge is 2.31. The monoisotopic (exact) mass is 405 g/mol. The Labute approximate surface area is 174 Å². The molecule has 0 radical (unpaired) electrons. The molecule has 2 aliphatic rings. The fourth-order valence-corrected chi connectivity index (χ4v) is 5.55. The van der Waals surface area contributed by atoms with Crippen molar-refractivity contribution in [3.63, 3.8) is 0 Å². The highest BCUT2D eigenvalue weighted by Crippen LogP contribution is 2.44. The van der Waals surface area contributed by atoms with Crippen LogP contribution < -0.4 is 5.32 Å². The van der Waals surface area contributed by atoms with Crippen LogP contribution in [0.1, 0.15) is 40.5 Å². The van der Waals surface area contributed by atoms with Crippen molar-refractivity contribution in [2.75, 3.05) is 13.2 Å². The topological polar surface area (TPSA) is 47.6 Å². The normalized spacial score (nSPS) is 18.4. The molecule has 0 spiro atoms. The van der Waals surface area contributed by atoms with Gasteiger partial charge in [-0.2, -0.15) is 0 Å². The third kappa shape index (κ3) is 3.34. The molecule has 4 nitrogen and oxygen atoms in total. The largest absolute Gasteiger partial charge is 0.449 e. The average molecular weight is 406 g/mol. The highest BCUT2D eigenvalue weighted by atomic mass is 32.1. The lowest BCUT2D eigenvalue weighted by molar-refractivity contribution is 0.0214. The lowest BCUT2D eigenvalue weighted by atomic mass is 9.98. The van der Waals surface area contributed by atoms with Gasteiger partial charge in [-0.15, -0.1) is 11.3 Å². The Balaban J connectivity index is 1.26. The summed E-state index contributed by atoms with van der Waals surface area (Å²) in [5, 5.41) is 5.06. The molecule has 0 saturated carbocycles. The van der Waals surface area contributed by atoms with Gasteiger partial charge < -0.3 is 14.8 Å². The van der Waals surface area contributed by atoms with Gasteiger partial charge in [0.1, 0.15) is 12.7 Å². The summed E-state index contributed by atoms with van der Waals surface area (Å²) in [7, 11) is 0. The molecule has 1 amide bonds. The summed E-state index contributed by atoms with van der Waals surface area (Å²) >= 11 is 1.69. The van der Waals surface area contributed by atoms with Crippen molar-refractivity contribution in [3.8, 4) is 11.1 Å². The van der Waals surface area contributed by atoms with Crippen molar-refractivity contribution in [2.24, 2.45) is 0 Å². The fraction of sp³-hybridized carbons (Fsp3) is 0.292. The molecule has 5 heteroatoms. The molecule has 2 aromatic carbocycles. The number of hydrogen-bond acceptors (Lipinski definition) is 4. The molecule has 2 heterocycles. The van der Waals surface area contributed by atoms with Gasteiger partial charge in [0.2, 0.25) is 0 Å². The SMILES string of the molecule is C[C@@H](NC(=O)OCC1c2ccccc2-c2ccccc21)[C@@H]1OCCc2ccsc21. The molecule has 1 aliphatic heterocycles. The summed E-state index contributed by atoms with van der Waals surface area (Å²) in [5.41, 5.74) is 6.21. The summed E-state index contributed by atoms with van der Waals surface area (Å²) in [4.78, 5) is 13.8. The van der Waals surface area contributed by atoms with E-state index < -0.39 is 6.09 Å². The number of nitrogens with one attached hydrogen (secondary N) is 1. The number of thiophene rings is 1. The zero-order valence-electron chi connectivity index (χ0n) is 16.3. The lowest BCUT2D eigenvalue weighted by Crippen LogP contribution is -2.40. The number of hydrogen-bond donors (Lipinski definition) is 1. The van der Waals surface area contributed by atoms with E-state index in [2.05, 4.69) is 53.2 Å². The second kappa shape index (κ2) is 7.65. The van der Waals surface area contributed by atoms with Crippen LogP contribution in [0.3, 0.4) is 0 Å². The number of rotatable bonds is 4. The van der Waals surface area contributed by atoms with Gasteiger partial charge in [0.25, 0.3) is 0 Å². The minimum atomic E-state index is -0.397. The van der Waals surface area contributed by atoms with E-state index in [-0.39, 0.29) is 18.1 Å². The van der Waals surface area contributed by atoms with Crippen LogP contribution in [-0.4, -0.2) is 25.3 Å². The molecular weight excluding hydrogens is 382 g/mol. The van der Waals surface area contributed by atoms with Crippen LogP contribution in [0.25, 0.3) is 11.1 Å². The Morgan fingerprint density at radius 1 is 1.14 bits per heavy atom. The summed E-state index contributed by atoms with van der Waals surface area (Å²) in [5.74, 6) is 0.0679. The Hall–Kier alpha value is -2.63. The summed E-state index contributed by atoms with van der Waals surface area (Å²) < 4.78 is 11.6. The molecule has 0 unspecified atom stereocenters. The molecule has 29 heavy (non-hydrogen) atoms. The predicted molar refractivity (Wildman–Crippen MR) is 114 cm³/mol. The average Bonchev–Trinajstić information content (AvgIpc) is 3.35. The zero-order chi connectivity index (χ0) is 19.8. The first-order chi connectivity index (χ1) is 14.2. The number of ether oxygens (including phenoxy) is 2. The number of fused-ring (bicyclic) bond motifs is 4. The van der Waals surface area contributed by atoms with E-state index in [1.807, 2.05) is 19.1 Å². The van der Waals surface area contributed by atoms with Gasteiger partial charge in [0.15, 0.2) is 0 Å². The molecule has 2 atom stereocenters. The van der Waals surface area contributed by atoms with Gasteiger partial charge in [0, 0.05) is 10.8 Å². The Bertz CT molecular complexity index is 998. The predicted octanol–water partition coefficient (Wildman–Crippen LogP) is 5.29. The van der Waals surface area contributed by atoms with Gasteiger partial charge in [0.05, 0.1) is 12.6 Å². The molecule has 0 saturated heterocycles. The zero-order valence-corrected chi connectivity index (χ0v) is 17.1. The lowest BCUT2D eigenvalue weighted by Gasteiger charge is -2.28. The molecule has 3 aromatic rings. The molecule has 1 N–H and O–H groups in total. The number of benzene rings is 2. The number of carbonyl (C=O) groups is 1. The van der Waals surface area contributed by atoms with Crippen molar-refractivity contribution in [1.82, 2.24) is 5.32 Å². The van der Waals surface area contributed by atoms with E-state index in [0.717, 1.165) is 6.42 Å². The van der Waals surface area contributed by atoms with E-state index in [0.29, 0.717) is 13.2 Å². The van der Waals surface area contributed by atoms with Gasteiger partial charge in [-0.25, -0.2) is 4.79 Å². The van der Waals surface area contributed by atoms with Gasteiger partial charge >= 0.3 is 6.09 Å². The molecule has 148 valence electrons. The number of carbonyl (C=O) groups excluding carboxylic acids is 1. The van der Waals surface area contributed by atoms with E-state index >= 15 is 0 Å². The third-order valence-corrected chi connectivity index (χ3v) is 6.87. The standard InChI is InChI=1S/C24H23NO3S/c1-15(22-23-16(10-12-27-22)11-13-29-23)25-24(26)28-14-21-19-8-4-2-6-17(19)18-7-3-5-9-20(18)21/h2-9,11,13,15,21-22H,10,12,14H2,1H3,(H,25,26)/t15-,22+/m1/s1. The van der Waals surface area contributed by atoms with E-state index in [1.54, 1.807) is 11.3 Å². The van der Waals surface area contributed by atoms with Gasteiger partial charge in [-0.3, -0.25) is 0 Å². The van der Waals surface area contributed by atoms with Gasteiger partial charge in [-0.05, 0) is 52.6 Å². The maximum Gasteiger partial charge on any atom is 0.407 e. The van der Waals surface area contributed by atoms with Crippen LogP contribution in [0, 0.1) is 0 Å². The fourth-order valence-electron chi connectivity index (χ4n) is 4.45. The smallest absolute Gasteiger partial charge is 0.407 e. The number of alkyl carbamates (subject to hydrolysis) is 1. The molecular formula is C24H23NO3S. The molecule has 1 aliphatic carbocycles. The Morgan fingerprint density at radius 2 is 1.83 bits per heavy atom.